The van der Waals surface area contributed by atoms with Gasteiger partial charge in [-0.3, -0.25) is 0 Å². The molecule has 4 heteroatoms. The quantitative estimate of drug-likeness (QED) is 0.335. The number of halogens is 2. The van der Waals surface area contributed by atoms with Crippen LogP contribution in [0.4, 0.5) is 15.8 Å². The van der Waals surface area contributed by atoms with Gasteiger partial charge >= 0.3 is 0 Å². The fourth-order valence-corrected chi connectivity index (χ4v) is 4.97. The fourth-order valence-electron chi connectivity index (χ4n) is 4.49. The maximum atomic E-state index is 14.2. The first-order chi connectivity index (χ1) is 14.2. The molecule has 4 aromatic rings. The average Bonchev–Trinajstić information content (AvgIpc) is 2.74. The molecule has 0 aliphatic carbocycles. The van der Waals surface area contributed by atoms with Gasteiger partial charge in [-0.15, -0.1) is 0 Å². The Morgan fingerprint density at radius 3 is 2.59 bits per heavy atom. The minimum absolute atomic E-state index is 0.187. The molecular formula is C25H16BrFN2. The van der Waals surface area contributed by atoms with E-state index in [4.69, 9.17) is 0 Å². The van der Waals surface area contributed by atoms with Gasteiger partial charge in [-0.05, 0) is 47.4 Å². The van der Waals surface area contributed by atoms with Crippen LogP contribution >= 0.6 is 15.9 Å². The molecule has 1 unspecified atom stereocenters. The van der Waals surface area contributed by atoms with Crippen LogP contribution in [0.3, 0.4) is 0 Å². The van der Waals surface area contributed by atoms with Crippen LogP contribution in [0.2, 0.25) is 0 Å². The highest BCUT2D eigenvalue weighted by molar-refractivity contribution is 9.10. The van der Waals surface area contributed by atoms with Crippen molar-refractivity contribution in [2.45, 2.75) is 6.17 Å². The van der Waals surface area contributed by atoms with Crippen molar-refractivity contribution in [3.8, 4) is 0 Å². The molecule has 0 aromatic heterocycles. The van der Waals surface area contributed by atoms with Crippen molar-refractivity contribution in [1.82, 2.24) is 0 Å². The zero-order valence-electron chi connectivity index (χ0n) is 15.4. The summed E-state index contributed by atoms with van der Waals surface area (Å²) in [6.45, 7) is 0. The number of benzene rings is 4. The molecule has 2 heterocycles. The number of hydrogen-bond acceptors (Lipinski definition) is 2. The van der Waals surface area contributed by atoms with Crippen molar-refractivity contribution in [3.05, 3.63) is 106 Å². The lowest BCUT2D eigenvalue weighted by molar-refractivity contribution is 0.621. The lowest BCUT2D eigenvalue weighted by Gasteiger charge is -2.44. The van der Waals surface area contributed by atoms with Crippen LogP contribution in [0.15, 0.2) is 83.3 Å². The van der Waals surface area contributed by atoms with Gasteiger partial charge in [-0.25, -0.2) is 4.39 Å². The van der Waals surface area contributed by atoms with Crippen LogP contribution < -0.4 is 10.2 Å². The molecule has 0 amide bonds. The lowest BCUT2D eigenvalue weighted by Crippen LogP contribution is -2.38. The minimum atomic E-state index is -0.222. The largest absolute Gasteiger partial charge is 0.361 e. The van der Waals surface area contributed by atoms with Crippen LogP contribution in [0.5, 0.6) is 0 Å². The number of rotatable bonds is 1. The van der Waals surface area contributed by atoms with Gasteiger partial charge in [0.2, 0.25) is 0 Å². The van der Waals surface area contributed by atoms with Crippen LogP contribution in [-0.2, 0) is 0 Å². The molecule has 1 N–H and O–H groups in total. The van der Waals surface area contributed by atoms with Crippen LogP contribution in [0, 0.1) is 5.82 Å². The SMILES string of the molecule is Fc1ccc2c(c1)C1Nc3cccc4cccc(c34)N1C(c1ccccc1Br)=C2. The zero-order valence-corrected chi connectivity index (χ0v) is 16.9. The fraction of sp³-hybridized carbons (Fsp3) is 0.0400. The van der Waals surface area contributed by atoms with Gasteiger partial charge < -0.3 is 10.2 Å². The van der Waals surface area contributed by atoms with Gasteiger partial charge in [-0.1, -0.05) is 64.5 Å². The van der Waals surface area contributed by atoms with E-state index < -0.39 is 0 Å². The first-order valence-electron chi connectivity index (χ1n) is 9.54. The van der Waals surface area contributed by atoms with E-state index in [-0.39, 0.29) is 12.0 Å². The molecule has 140 valence electrons. The Kier molecular flexibility index (Phi) is 3.59. The Labute approximate surface area is 176 Å². The third-order valence-corrected chi connectivity index (χ3v) is 6.43. The Morgan fingerprint density at radius 2 is 1.72 bits per heavy atom. The van der Waals surface area contributed by atoms with E-state index in [2.05, 4.69) is 80.8 Å². The summed E-state index contributed by atoms with van der Waals surface area (Å²) in [5.74, 6) is -0.222. The maximum Gasteiger partial charge on any atom is 0.131 e. The van der Waals surface area contributed by atoms with Crippen LogP contribution in [0.25, 0.3) is 22.5 Å². The van der Waals surface area contributed by atoms with E-state index in [9.17, 15) is 4.39 Å². The minimum Gasteiger partial charge on any atom is -0.361 e. The molecule has 6 rings (SSSR count). The van der Waals surface area contributed by atoms with E-state index in [1.165, 1.54) is 16.8 Å². The smallest absolute Gasteiger partial charge is 0.131 e. The van der Waals surface area contributed by atoms with Gasteiger partial charge in [0.25, 0.3) is 0 Å². The normalized spacial score (nSPS) is 16.7. The molecule has 29 heavy (non-hydrogen) atoms. The molecule has 2 aliphatic rings. The highest BCUT2D eigenvalue weighted by Crippen LogP contribution is 2.50. The van der Waals surface area contributed by atoms with E-state index >= 15 is 0 Å². The average molecular weight is 443 g/mol. The monoisotopic (exact) mass is 442 g/mol. The Bertz CT molecular complexity index is 1320. The topological polar surface area (TPSA) is 15.3 Å². The number of anilines is 2. The van der Waals surface area contributed by atoms with Crippen molar-refractivity contribution >= 4 is 49.9 Å². The highest BCUT2D eigenvalue weighted by Gasteiger charge is 2.35. The number of hydrogen-bond donors (Lipinski definition) is 1. The van der Waals surface area contributed by atoms with Gasteiger partial charge in [0.15, 0.2) is 0 Å². The van der Waals surface area contributed by atoms with E-state index in [1.54, 1.807) is 6.07 Å². The van der Waals surface area contributed by atoms with Gasteiger partial charge in [0.05, 0.1) is 11.4 Å². The second-order valence-electron chi connectivity index (χ2n) is 7.38. The molecular weight excluding hydrogens is 427 g/mol. The molecule has 0 fully saturated rings. The molecule has 4 aromatic carbocycles. The molecule has 0 saturated heterocycles. The molecule has 0 spiro atoms. The lowest BCUT2D eigenvalue weighted by atomic mass is 9.91. The summed E-state index contributed by atoms with van der Waals surface area (Å²) >= 11 is 3.72. The molecule has 1 atom stereocenters. The Hall–Kier alpha value is -3.11. The maximum absolute atomic E-state index is 14.2. The Balaban J connectivity index is 1.69. The first-order valence-corrected chi connectivity index (χ1v) is 10.3. The van der Waals surface area contributed by atoms with Crippen molar-refractivity contribution in [2.75, 3.05) is 10.2 Å². The third-order valence-electron chi connectivity index (χ3n) is 5.74. The second-order valence-corrected chi connectivity index (χ2v) is 8.23. The summed E-state index contributed by atoms with van der Waals surface area (Å²) in [4.78, 5) is 2.29. The summed E-state index contributed by atoms with van der Waals surface area (Å²) in [7, 11) is 0. The summed E-state index contributed by atoms with van der Waals surface area (Å²) in [6, 6.07) is 25.9. The number of nitrogens with zero attached hydrogens (tertiary/aromatic N) is 1. The predicted molar refractivity (Wildman–Crippen MR) is 121 cm³/mol. The number of fused-ring (bicyclic) bond motifs is 4. The summed E-state index contributed by atoms with van der Waals surface area (Å²) in [5.41, 5.74) is 6.34. The first kappa shape index (κ1) is 16.8. The molecule has 0 saturated carbocycles. The third kappa shape index (κ3) is 2.45. The van der Waals surface area contributed by atoms with Gasteiger partial charge in [-0.2, -0.15) is 0 Å². The van der Waals surface area contributed by atoms with E-state index in [0.29, 0.717) is 0 Å². The summed E-state index contributed by atoms with van der Waals surface area (Å²) in [6.07, 6.45) is 1.97. The Morgan fingerprint density at radius 1 is 0.897 bits per heavy atom. The second kappa shape index (κ2) is 6.19. The summed E-state index contributed by atoms with van der Waals surface area (Å²) in [5, 5.41) is 6.04. The molecule has 2 nitrogen and oxygen atoms in total. The van der Waals surface area contributed by atoms with Crippen molar-refractivity contribution in [2.24, 2.45) is 0 Å². The van der Waals surface area contributed by atoms with Gasteiger partial charge in [0.1, 0.15) is 12.0 Å². The number of nitrogens with one attached hydrogen (secondary N) is 1. The van der Waals surface area contributed by atoms with Crippen molar-refractivity contribution < 1.29 is 4.39 Å². The van der Waals surface area contributed by atoms with E-state index in [1.807, 2.05) is 18.2 Å². The van der Waals surface area contributed by atoms with Crippen molar-refractivity contribution in [1.29, 1.82) is 0 Å². The van der Waals surface area contributed by atoms with Crippen LogP contribution in [0.1, 0.15) is 22.9 Å². The van der Waals surface area contributed by atoms with Crippen LogP contribution in [-0.4, -0.2) is 0 Å². The predicted octanol–water partition coefficient (Wildman–Crippen LogP) is 7.18. The highest BCUT2D eigenvalue weighted by atomic mass is 79.9. The van der Waals surface area contributed by atoms with E-state index in [0.717, 1.165) is 38.2 Å². The zero-order chi connectivity index (χ0) is 19.5. The van der Waals surface area contributed by atoms with Crippen molar-refractivity contribution in [3.63, 3.8) is 0 Å². The molecule has 2 aliphatic heterocycles. The van der Waals surface area contributed by atoms with Gasteiger partial charge in [0, 0.05) is 26.7 Å². The summed E-state index contributed by atoms with van der Waals surface area (Å²) < 4.78 is 15.2. The standard InChI is InChI=1S/C25H16BrFN2/c26-20-8-2-1-7-18(20)23-13-16-11-12-17(27)14-19(16)25-28-21-9-3-5-15-6-4-10-22(24(15)21)29(23)25/h1-14,25,28H. The molecule has 0 radical (unpaired) electrons. The molecule has 0 bridgehead atoms.